The molecule has 0 fully saturated rings. The average Bonchev–Trinajstić information content (AvgIpc) is 3.16. The van der Waals surface area contributed by atoms with Crippen LogP contribution in [0.15, 0.2) is 52.9 Å². The van der Waals surface area contributed by atoms with Gasteiger partial charge < -0.3 is 23.7 Å². The maximum Gasteiger partial charge on any atom is 0.416 e. The first-order valence-electron chi connectivity index (χ1n) is 11.2. The number of carbonyl (C=O) groups is 2. The van der Waals surface area contributed by atoms with Crippen LogP contribution in [0.25, 0.3) is 0 Å². The van der Waals surface area contributed by atoms with Gasteiger partial charge in [0.2, 0.25) is 0 Å². The van der Waals surface area contributed by atoms with Crippen LogP contribution in [0.3, 0.4) is 0 Å². The maximum absolute atomic E-state index is 13.0. The van der Waals surface area contributed by atoms with Crippen molar-refractivity contribution in [1.82, 2.24) is 9.88 Å². The number of oxazole rings is 1. The van der Waals surface area contributed by atoms with Gasteiger partial charge in [0.05, 0.1) is 25.5 Å². The Balaban J connectivity index is 1.68. The van der Waals surface area contributed by atoms with Gasteiger partial charge in [-0.2, -0.15) is 0 Å². The van der Waals surface area contributed by atoms with Crippen LogP contribution in [0.5, 0.6) is 17.2 Å². The molecule has 0 saturated heterocycles. The van der Waals surface area contributed by atoms with E-state index in [0.717, 1.165) is 17.0 Å². The summed E-state index contributed by atoms with van der Waals surface area (Å²) in [6, 6.07) is 12.0. The number of carbonyl (C=O) groups excluding carboxylic acids is 1. The SMILES string of the molecule is COc1ccc(OC(=O)N([C@H](C)C(=O)O)[C@@H](C)c2ccc(OCCc3nc(C)oc3C)cc2)cc1. The third-order valence-electron chi connectivity index (χ3n) is 5.64. The number of aliphatic carboxylic acids is 1. The van der Waals surface area contributed by atoms with Crippen LogP contribution >= 0.6 is 0 Å². The molecule has 0 saturated carbocycles. The number of nitrogens with zero attached hydrogens (tertiary/aromatic N) is 2. The van der Waals surface area contributed by atoms with Crippen molar-refractivity contribution in [2.45, 2.75) is 46.2 Å². The summed E-state index contributed by atoms with van der Waals surface area (Å²) < 4.78 is 21.8. The average molecular weight is 483 g/mol. The maximum atomic E-state index is 13.0. The highest BCUT2D eigenvalue weighted by Crippen LogP contribution is 2.27. The lowest BCUT2D eigenvalue weighted by atomic mass is 10.1. The van der Waals surface area contributed by atoms with E-state index >= 15 is 0 Å². The molecule has 1 heterocycles. The number of hydrogen-bond acceptors (Lipinski definition) is 7. The van der Waals surface area contributed by atoms with E-state index in [-0.39, 0.29) is 5.75 Å². The van der Waals surface area contributed by atoms with Crippen molar-refractivity contribution in [2.75, 3.05) is 13.7 Å². The second-order valence-corrected chi connectivity index (χ2v) is 8.04. The Bertz CT molecular complexity index is 1140. The number of methoxy groups -OCH3 is 1. The minimum atomic E-state index is -1.14. The fraction of sp³-hybridized carbons (Fsp3) is 0.346. The number of carboxylic acids is 1. The molecule has 9 nitrogen and oxygen atoms in total. The molecule has 0 aliphatic carbocycles. The number of carboxylic acid groups (broad SMARTS) is 1. The largest absolute Gasteiger partial charge is 0.497 e. The molecule has 1 amide bonds. The van der Waals surface area contributed by atoms with Gasteiger partial charge in [-0.05, 0) is 62.7 Å². The monoisotopic (exact) mass is 482 g/mol. The molecule has 186 valence electrons. The molecule has 0 bridgehead atoms. The van der Waals surface area contributed by atoms with Gasteiger partial charge >= 0.3 is 12.1 Å². The van der Waals surface area contributed by atoms with E-state index in [2.05, 4.69) is 4.98 Å². The van der Waals surface area contributed by atoms with Crippen molar-refractivity contribution < 1.29 is 33.3 Å². The smallest absolute Gasteiger partial charge is 0.416 e. The molecule has 2 aromatic carbocycles. The molecule has 3 aromatic rings. The lowest BCUT2D eigenvalue weighted by Crippen LogP contribution is -2.46. The van der Waals surface area contributed by atoms with Gasteiger partial charge in [-0.25, -0.2) is 14.6 Å². The lowest BCUT2D eigenvalue weighted by Gasteiger charge is -2.31. The molecule has 0 aliphatic rings. The highest BCUT2D eigenvalue weighted by atomic mass is 16.6. The number of benzene rings is 2. The summed E-state index contributed by atoms with van der Waals surface area (Å²) in [5.41, 5.74) is 1.60. The predicted octanol–water partition coefficient (Wildman–Crippen LogP) is 4.96. The molecule has 0 spiro atoms. The minimum Gasteiger partial charge on any atom is -0.497 e. The van der Waals surface area contributed by atoms with E-state index < -0.39 is 24.1 Å². The van der Waals surface area contributed by atoms with E-state index in [1.807, 2.05) is 6.92 Å². The van der Waals surface area contributed by atoms with Gasteiger partial charge in [0.15, 0.2) is 5.89 Å². The molecule has 1 aromatic heterocycles. The highest BCUT2D eigenvalue weighted by molar-refractivity contribution is 5.81. The summed E-state index contributed by atoms with van der Waals surface area (Å²) in [4.78, 5) is 30.2. The van der Waals surface area contributed by atoms with Gasteiger partial charge in [0, 0.05) is 13.3 Å². The van der Waals surface area contributed by atoms with Crippen molar-refractivity contribution >= 4 is 12.1 Å². The molecular formula is C26H30N2O7. The van der Waals surface area contributed by atoms with Crippen LogP contribution in [-0.4, -0.2) is 46.8 Å². The van der Waals surface area contributed by atoms with Gasteiger partial charge in [-0.3, -0.25) is 4.90 Å². The lowest BCUT2D eigenvalue weighted by molar-refractivity contribution is -0.142. The van der Waals surface area contributed by atoms with Crippen molar-refractivity contribution in [1.29, 1.82) is 0 Å². The fourth-order valence-electron chi connectivity index (χ4n) is 3.64. The first-order valence-corrected chi connectivity index (χ1v) is 11.2. The topological polar surface area (TPSA) is 111 Å². The number of aromatic nitrogens is 1. The number of hydrogen-bond donors (Lipinski definition) is 1. The van der Waals surface area contributed by atoms with Crippen LogP contribution in [0.4, 0.5) is 4.79 Å². The zero-order chi connectivity index (χ0) is 25.5. The van der Waals surface area contributed by atoms with E-state index in [4.69, 9.17) is 18.6 Å². The summed E-state index contributed by atoms with van der Waals surface area (Å²) in [5, 5.41) is 9.59. The van der Waals surface area contributed by atoms with E-state index in [1.165, 1.54) is 18.9 Å². The van der Waals surface area contributed by atoms with Crippen LogP contribution < -0.4 is 14.2 Å². The second kappa shape index (κ2) is 11.4. The summed E-state index contributed by atoms with van der Waals surface area (Å²) >= 11 is 0. The molecule has 2 atom stereocenters. The van der Waals surface area contributed by atoms with Gasteiger partial charge in [0.1, 0.15) is 29.1 Å². The standard InChI is InChI=1S/C26H30N2O7/c1-16(20-6-8-22(9-7-20)33-15-14-24-18(3)34-19(4)27-24)28(17(2)25(29)30)26(31)35-23-12-10-21(32-5)11-13-23/h6-13,16-17H,14-15H2,1-5H3,(H,29,30)/t16-,17+/m0/s1. The number of aryl methyl sites for hydroxylation is 2. The molecule has 9 heteroatoms. The highest BCUT2D eigenvalue weighted by Gasteiger charge is 2.32. The quantitative estimate of drug-likeness (QED) is 0.432. The van der Waals surface area contributed by atoms with Gasteiger partial charge in [-0.15, -0.1) is 0 Å². The minimum absolute atomic E-state index is 0.284. The fourth-order valence-corrected chi connectivity index (χ4v) is 3.64. The zero-order valence-electron chi connectivity index (χ0n) is 20.5. The Kier molecular flexibility index (Phi) is 8.35. The van der Waals surface area contributed by atoms with Gasteiger partial charge in [0.25, 0.3) is 0 Å². The molecule has 35 heavy (non-hydrogen) atoms. The zero-order valence-corrected chi connectivity index (χ0v) is 20.5. The Morgan fingerprint density at radius 1 is 1.00 bits per heavy atom. The first kappa shape index (κ1) is 25.6. The van der Waals surface area contributed by atoms with E-state index in [9.17, 15) is 14.7 Å². The van der Waals surface area contributed by atoms with Crippen LogP contribution in [-0.2, 0) is 11.2 Å². The van der Waals surface area contributed by atoms with Crippen LogP contribution in [0.1, 0.15) is 42.8 Å². The molecule has 1 N–H and O–H groups in total. The molecule has 0 aliphatic heterocycles. The van der Waals surface area contributed by atoms with Crippen LogP contribution in [0, 0.1) is 13.8 Å². The number of amides is 1. The third kappa shape index (κ3) is 6.53. The summed E-state index contributed by atoms with van der Waals surface area (Å²) in [6.07, 6.45) is -0.154. The van der Waals surface area contributed by atoms with Crippen molar-refractivity contribution in [3.63, 3.8) is 0 Å². The van der Waals surface area contributed by atoms with Crippen LogP contribution in [0.2, 0.25) is 0 Å². The summed E-state index contributed by atoms with van der Waals surface area (Å²) in [7, 11) is 1.54. The number of ether oxygens (including phenoxy) is 3. The summed E-state index contributed by atoms with van der Waals surface area (Å²) in [6.45, 7) is 7.30. The molecule has 3 rings (SSSR count). The summed E-state index contributed by atoms with van der Waals surface area (Å²) in [5.74, 6) is 1.82. The van der Waals surface area contributed by atoms with E-state index in [0.29, 0.717) is 30.4 Å². The first-order chi connectivity index (χ1) is 16.7. The Hall–Kier alpha value is -4.01. The van der Waals surface area contributed by atoms with Crippen molar-refractivity contribution in [2.24, 2.45) is 0 Å². The predicted molar refractivity (Wildman–Crippen MR) is 128 cm³/mol. The van der Waals surface area contributed by atoms with Gasteiger partial charge in [-0.1, -0.05) is 12.1 Å². The Morgan fingerprint density at radius 3 is 2.14 bits per heavy atom. The molecule has 0 unspecified atom stereocenters. The second-order valence-electron chi connectivity index (χ2n) is 8.04. The number of rotatable bonds is 10. The molecule has 0 radical (unpaired) electrons. The van der Waals surface area contributed by atoms with E-state index in [1.54, 1.807) is 62.4 Å². The Labute approximate surface area is 204 Å². The normalized spacial score (nSPS) is 12.5. The third-order valence-corrected chi connectivity index (χ3v) is 5.64. The van der Waals surface area contributed by atoms with Crippen molar-refractivity contribution in [3.05, 3.63) is 71.4 Å². The Morgan fingerprint density at radius 2 is 1.60 bits per heavy atom. The molecular weight excluding hydrogens is 452 g/mol. The van der Waals surface area contributed by atoms with Crippen molar-refractivity contribution in [3.8, 4) is 17.2 Å².